The number of hydrogen-bond acceptors (Lipinski definition) is 8. The third-order valence-corrected chi connectivity index (χ3v) is 11.2. The van der Waals surface area contributed by atoms with Crippen LogP contribution in [0.3, 0.4) is 0 Å². The Balaban J connectivity index is 1.39. The second-order valence-electron chi connectivity index (χ2n) is 14.2. The van der Waals surface area contributed by atoms with Gasteiger partial charge in [0.05, 0.1) is 37.5 Å². The molecule has 1 amide bonds. The Morgan fingerprint density at radius 3 is 2.42 bits per heavy atom. The van der Waals surface area contributed by atoms with E-state index in [0.29, 0.717) is 57.9 Å². The number of alkyl halides is 3. The minimum atomic E-state index is -4.51. The predicted octanol–water partition coefficient (Wildman–Crippen LogP) is 8.30. The maximum atomic E-state index is 14.1. The van der Waals surface area contributed by atoms with E-state index in [4.69, 9.17) is 14.0 Å². The number of ether oxygens (including phenoxy) is 2. The number of amides is 1. The van der Waals surface area contributed by atoms with Crippen LogP contribution >= 0.6 is 9.21 Å². The number of methoxy groups -OCH3 is 1. The first kappa shape index (κ1) is 38.9. The van der Waals surface area contributed by atoms with E-state index >= 15 is 0 Å². The predicted molar refractivity (Wildman–Crippen MR) is 205 cm³/mol. The van der Waals surface area contributed by atoms with E-state index in [1.54, 1.807) is 46.8 Å². The number of fused-ring (bicyclic) bond motifs is 2. The van der Waals surface area contributed by atoms with Crippen molar-refractivity contribution < 1.29 is 41.6 Å². The summed E-state index contributed by atoms with van der Waals surface area (Å²) in [5, 5.41) is 11.1. The fraction of sp³-hybridized carbons (Fsp3) is 0.317. The first-order valence-corrected chi connectivity index (χ1v) is 19.3. The van der Waals surface area contributed by atoms with Crippen LogP contribution in [0.15, 0.2) is 70.4 Å². The minimum Gasteiger partial charge on any atom is -0.495 e. The van der Waals surface area contributed by atoms with E-state index in [1.165, 1.54) is 24.2 Å². The Kier molecular flexibility index (Phi) is 10.7. The molecule has 1 aliphatic rings. The third kappa shape index (κ3) is 8.30. The Bertz CT molecular complexity index is 2520. The number of hydrogen-bond donors (Lipinski definition) is 1. The lowest BCUT2D eigenvalue weighted by atomic mass is 9.90. The molecule has 6 rings (SSSR count). The molecule has 0 aliphatic carbocycles. The number of nitrogens with zero attached hydrogens (tertiary/aromatic N) is 3. The van der Waals surface area contributed by atoms with E-state index in [9.17, 15) is 27.6 Å². The molecule has 0 spiro atoms. The van der Waals surface area contributed by atoms with E-state index < -0.39 is 27.4 Å². The zero-order valence-electron chi connectivity index (χ0n) is 31.1. The number of benzene rings is 3. The van der Waals surface area contributed by atoms with Gasteiger partial charge in [-0.1, -0.05) is 35.2 Å². The van der Waals surface area contributed by atoms with Gasteiger partial charge in [0.2, 0.25) is 0 Å². The molecule has 0 saturated heterocycles. The fourth-order valence-electron chi connectivity index (χ4n) is 6.55. The minimum absolute atomic E-state index is 0.00974. The van der Waals surface area contributed by atoms with Crippen LogP contribution in [0.1, 0.15) is 43.2 Å². The summed E-state index contributed by atoms with van der Waals surface area (Å²) in [5.74, 6) is 6.33. The first-order valence-electron chi connectivity index (χ1n) is 17.2. The van der Waals surface area contributed by atoms with E-state index in [2.05, 4.69) is 28.4 Å². The first-order chi connectivity index (χ1) is 26.0. The maximum absolute atomic E-state index is 14.1. The van der Waals surface area contributed by atoms with Crippen LogP contribution in [0.5, 0.6) is 5.75 Å². The summed E-state index contributed by atoms with van der Waals surface area (Å²) in [7, 11) is 0.469. The van der Waals surface area contributed by atoms with Crippen LogP contribution in [0.4, 0.5) is 23.7 Å². The van der Waals surface area contributed by atoms with Crippen molar-refractivity contribution in [1.82, 2.24) is 14.6 Å². The number of carbonyl (C=O) groups excluding carboxylic acids is 3. The molecule has 10 nitrogen and oxygen atoms in total. The van der Waals surface area contributed by atoms with Crippen LogP contribution in [-0.4, -0.2) is 69.4 Å². The van der Waals surface area contributed by atoms with Gasteiger partial charge in [0.25, 0.3) is 0 Å². The number of nitrogens with one attached hydrogen (secondary N) is 1. The lowest BCUT2D eigenvalue weighted by Crippen LogP contribution is -2.39. The smallest absolute Gasteiger partial charge is 0.410 e. The highest BCUT2D eigenvalue weighted by molar-refractivity contribution is 8.27. The van der Waals surface area contributed by atoms with Gasteiger partial charge in [0.1, 0.15) is 17.6 Å². The molecular weight excluding hydrogens is 734 g/mol. The van der Waals surface area contributed by atoms with Gasteiger partial charge in [-0.15, -0.1) is 0 Å². The summed E-state index contributed by atoms with van der Waals surface area (Å²) in [6.07, 6.45) is -0.965. The maximum Gasteiger partial charge on any atom is 0.410 e. The van der Waals surface area contributed by atoms with Crippen molar-refractivity contribution in [3.63, 3.8) is 0 Å². The molecular formula is C41H39F3N4O6S. The fourth-order valence-corrected chi connectivity index (χ4v) is 7.46. The summed E-state index contributed by atoms with van der Waals surface area (Å²) in [6, 6.07) is 14.5. The summed E-state index contributed by atoms with van der Waals surface area (Å²) >= 11 is 0. The molecule has 3 aromatic carbocycles. The van der Waals surface area contributed by atoms with Crippen molar-refractivity contribution in [1.29, 1.82) is 0 Å². The van der Waals surface area contributed by atoms with Crippen LogP contribution < -0.4 is 10.1 Å². The van der Waals surface area contributed by atoms with Gasteiger partial charge < -0.3 is 28.8 Å². The van der Waals surface area contributed by atoms with E-state index in [1.807, 2.05) is 45.0 Å². The molecule has 5 aromatic rings. The van der Waals surface area contributed by atoms with Gasteiger partial charge in [-0.25, -0.2) is 14.4 Å². The molecule has 2 aromatic heterocycles. The molecule has 1 N–H and O–H groups in total. The number of anilines is 1. The lowest BCUT2D eigenvalue weighted by Gasteiger charge is -2.31. The third-order valence-electron chi connectivity index (χ3n) is 9.31. The highest BCUT2D eigenvalue weighted by atomic mass is 32.2. The van der Waals surface area contributed by atoms with Gasteiger partial charge in [0, 0.05) is 47.2 Å². The largest absolute Gasteiger partial charge is 0.495 e. The standard InChI is InChI=1S/C41H39F3N4O6S/c1-40(2,3)54-39(51)48-15-13-26-16-27(9-10-28(26)22-48)33-19-36-34(18-32(33)29-21-46-53-23-29)31(37(47(36)4)20-41(42,43)44)8-7-14-45-35-12-11-30(17-38(35)52-5)55(6,24-49)25-50/h9-12,16-19,21,23,45H,13-15,20,22H2,1-6H3. The molecule has 0 radical (unpaired) electrons. The molecule has 1 aliphatic heterocycles. The van der Waals surface area contributed by atoms with E-state index in [0.717, 1.165) is 22.3 Å². The summed E-state index contributed by atoms with van der Waals surface area (Å²) in [6.45, 7) is 6.40. The van der Waals surface area contributed by atoms with Crippen molar-refractivity contribution in [2.24, 2.45) is 7.05 Å². The SMILES string of the molecule is COc1cc(S(C)(=C=O)=C=O)ccc1NCC#Cc1c(CC(F)(F)F)n(C)c2cc(-c3ccc4c(c3)CCN(C(=O)OC(C)(C)C)C4)c(-c3cnoc3)cc12. The van der Waals surface area contributed by atoms with Gasteiger partial charge in [-0.3, -0.25) is 0 Å². The highest BCUT2D eigenvalue weighted by Gasteiger charge is 2.32. The van der Waals surface area contributed by atoms with Gasteiger partial charge in [-0.2, -0.15) is 13.2 Å². The van der Waals surface area contributed by atoms with Crippen molar-refractivity contribution in [2.45, 2.75) is 56.8 Å². The molecule has 14 heteroatoms. The number of halogens is 3. The monoisotopic (exact) mass is 772 g/mol. The van der Waals surface area contributed by atoms with Crippen LogP contribution in [0, 0.1) is 11.8 Å². The Morgan fingerprint density at radius 1 is 1.02 bits per heavy atom. The number of carbonyl (C=O) groups is 1. The van der Waals surface area contributed by atoms with Crippen LogP contribution in [0.2, 0.25) is 0 Å². The second-order valence-corrected chi connectivity index (χ2v) is 16.9. The van der Waals surface area contributed by atoms with Crippen LogP contribution in [-0.2, 0) is 40.8 Å². The van der Waals surface area contributed by atoms with Crippen molar-refractivity contribution in [3.8, 4) is 39.8 Å². The number of aryl methyl sites for hydroxylation is 1. The lowest BCUT2D eigenvalue weighted by molar-refractivity contribution is -0.128. The quantitative estimate of drug-likeness (QED) is 0.130. The average molecular weight is 773 g/mol. The van der Waals surface area contributed by atoms with Gasteiger partial charge in [-0.05, 0) is 101 Å². The average Bonchev–Trinajstić information content (AvgIpc) is 3.77. The van der Waals surface area contributed by atoms with Crippen molar-refractivity contribution in [2.75, 3.05) is 31.8 Å². The zero-order chi connectivity index (χ0) is 39.7. The molecule has 0 bridgehead atoms. The zero-order valence-corrected chi connectivity index (χ0v) is 32.0. The Labute approximate surface area is 316 Å². The van der Waals surface area contributed by atoms with Gasteiger partial charge in [0.15, 0.2) is 10.5 Å². The highest BCUT2D eigenvalue weighted by Crippen LogP contribution is 2.41. The molecule has 0 fully saturated rings. The normalized spacial score (nSPS) is 13.0. The molecule has 3 heterocycles. The Morgan fingerprint density at radius 2 is 1.76 bits per heavy atom. The van der Waals surface area contributed by atoms with Gasteiger partial charge >= 0.3 is 12.3 Å². The molecule has 0 unspecified atom stereocenters. The number of rotatable bonds is 7. The van der Waals surface area contributed by atoms with Crippen molar-refractivity contribution >= 4 is 42.4 Å². The summed E-state index contributed by atoms with van der Waals surface area (Å²) < 4.78 is 60.0. The summed E-state index contributed by atoms with van der Waals surface area (Å²) in [5.41, 5.74) is 5.69. The molecule has 286 valence electrons. The molecule has 0 saturated carbocycles. The molecule has 0 atom stereocenters. The summed E-state index contributed by atoms with van der Waals surface area (Å²) in [4.78, 5) is 37.8. The molecule has 55 heavy (non-hydrogen) atoms. The number of aromatic nitrogens is 2. The van der Waals surface area contributed by atoms with E-state index in [-0.39, 0.29) is 23.9 Å². The van der Waals surface area contributed by atoms with Crippen LogP contribution in [0.25, 0.3) is 33.2 Å². The Hall–Kier alpha value is -5.86. The topological polar surface area (TPSA) is 116 Å². The van der Waals surface area contributed by atoms with Crippen molar-refractivity contribution in [3.05, 3.63) is 83.4 Å². The second kappa shape index (κ2) is 15.1.